The zero-order chi connectivity index (χ0) is 56.4. The summed E-state index contributed by atoms with van der Waals surface area (Å²) in [6.07, 6.45) is 83.1. The van der Waals surface area contributed by atoms with Crippen LogP contribution in [0.3, 0.4) is 0 Å². The fourth-order valence-electron chi connectivity index (χ4n) is 10.6. The maximum atomic E-state index is 12.9. The van der Waals surface area contributed by atoms with E-state index in [0.717, 1.165) is 77.0 Å². The average molecular weight is 1100 g/mol. The van der Waals surface area contributed by atoms with E-state index in [-0.39, 0.29) is 31.1 Å². The number of unbranched alkanes of at least 4 members (excludes halogenated alkanes) is 48. The Kier molecular flexibility index (Phi) is 65.1. The molecule has 0 aliphatic heterocycles. The molecule has 6 heteroatoms. The van der Waals surface area contributed by atoms with Crippen molar-refractivity contribution in [1.82, 2.24) is 0 Å². The van der Waals surface area contributed by atoms with E-state index >= 15 is 0 Å². The highest BCUT2D eigenvalue weighted by atomic mass is 16.6. The SMILES string of the molecule is CCCCC/C=C\C/C=C\C/C=C\CCCCCCCCC(=O)OC(COC(=O)CCCCCCCCCCCCCCCCCCCC)COC(=O)CCCCCCCCCCCCCCCCCCCCCCCCC. The smallest absolute Gasteiger partial charge is 0.306 e. The number of carbonyl (C=O) groups is 3. The van der Waals surface area contributed by atoms with E-state index in [9.17, 15) is 14.4 Å². The van der Waals surface area contributed by atoms with Gasteiger partial charge in [0.05, 0.1) is 0 Å². The minimum atomic E-state index is -0.777. The zero-order valence-corrected chi connectivity index (χ0v) is 52.7. The van der Waals surface area contributed by atoms with Gasteiger partial charge >= 0.3 is 17.9 Å². The summed E-state index contributed by atoms with van der Waals surface area (Å²) >= 11 is 0. The van der Waals surface area contributed by atoms with E-state index in [4.69, 9.17) is 14.2 Å². The summed E-state index contributed by atoms with van der Waals surface area (Å²) < 4.78 is 17.0. The molecule has 0 fully saturated rings. The normalized spacial score (nSPS) is 12.2. The van der Waals surface area contributed by atoms with Crippen molar-refractivity contribution in [3.05, 3.63) is 36.5 Å². The topological polar surface area (TPSA) is 78.9 Å². The lowest BCUT2D eigenvalue weighted by molar-refractivity contribution is -0.167. The van der Waals surface area contributed by atoms with Crippen LogP contribution in [0.4, 0.5) is 0 Å². The first-order valence-electron chi connectivity index (χ1n) is 35.0. The van der Waals surface area contributed by atoms with Gasteiger partial charge in [0.25, 0.3) is 0 Å². The average Bonchev–Trinajstić information content (AvgIpc) is 3.44. The Hall–Kier alpha value is -2.37. The molecule has 0 saturated carbocycles. The highest BCUT2D eigenvalue weighted by Crippen LogP contribution is 2.19. The minimum Gasteiger partial charge on any atom is -0.462 e. The predicted octanol–water partition coefficient (Wildman–Crippen LogP) is 23.9. The molecule has 0 spiro atoms. The van der Waals surface area contributed by atoms with E-state index in [1.165, 1.54) is 270 Å². The minimum absolute atomic E-state index is 0.0718. The van der Waals surface area contributed by atoms with Gasteiger partial charge in [0, 0.05) is 19.3 Å². The van der Waals surface area contributed by atoms with Crippen molar-refractivity contribution in [3.8, 4) is 0 Å². The molecule has 0 aliphatic rings. The maximum absolute atomic E-state index is 12.9. The van der Waals surface area contributed by atoms with Crippen LogP contribution >= 0.6 is 0 Å². The van der Waals surface area contributed by atoms with Crippen LogP contribution in [0.5, 0.6) is 0 Å². The largest absolute Gasteiger partial charge is 0.462 e. The van der Waals surface area contributed by atoms with Crippen LogP contribution in [0.1, 0.15) is 387 Å². The van der Waals surface area contributed by atoms with Gasteiger partial charge in [-0.15, -0.1) is 0 Å². The number of esters is 3. The fourth-order valence-corrected chi connectivity index (χ4v) is 10.6. The van der Waals surface area contributed by atoms with Crippen molar-refractivity contribution in [2.75, 3.05) is 13.2 Å². The van der Waals surface area contributed by atoms with Gasteiger partial charge in [0.15, 0.2) is 6.10 Å². The van der Waals surface area contributed by atoms with E-state index < -0.39 is 6.10 Å². The standard InChI is InChI=1S/C72H134O6/c1-4-7-10-13-16-19-22-25-28-31-34-35-36-37-39-41-44-47-50-53-56-59-62-65-71(74)77-68-69(67-76-70(73)64-61-58-55-52-49-46-43-40-33-30-27-24-21-18-15-12-9-6-3)78-72(75)66-63-60-57-54-51-48-45-42-38-32-29-26-23-20-17-14-11-8-5-2/h17,20,26,29,38,42,69H,4-16,18-19,21-25,27-28,30-37,39-41,43-68H2,1-3H3/b20-17-,29-26-,42-38-. The van der Waals surface area contributed by atoms with Crippen molar-refractivity contribution < 1.29 is 28.6 Å². The van der Waals surface area contributed by atoms with Crippen LogP contribution in [-0.2, 0) is 28.6 Å². The summed E-state index contributed by atoms with van der Waals surface area (Å²) in [5, 5.41) is 0. The van der Waals surface area contributed by atoms with Gasteiger partial charge in [-0.05, 0) is 57.8 Å². The first-order valence-corrected chi connectivity index (χ1v) is 35.0. The Balaban J connectivity index is 4.31. The van der Waals surface area contributed by atoms with E-state index in [2.05, 4.69) is 57.2 Å². The van der Waals surface area contributed by atoms with Gasteiger partial charge in [0.1, 0.15) is 13.2 Å². The number of rotatable bonds is 65. The van der Waals surface area contributed by atoms with Crippen molar-refractivity contribution >= 4 is 17.9 Å². The monoisotopic (exact) mass is 1100 g/mol. The van der Waals surface area contributed by atoms with Gasteiger partial charge in [0.2, 0.25) is 0 Å². The van der Waals surface area contributed by atoms with Crippen molar-refractivity contribution in [3.63, 3.8) is 0 Å². The molecule has 0 aromatic carbocycles. The lowest BCUT2D eigenvalue weighted by Crippen LogP contribution is -2.30. The van der Waals surface area contributed by atoms with E-state index in [1.807, 2.05) is 0 Å². The number of hydrogen-bond donors (Lipinski definition) is 0. The van der Waals surface area contributed by atoms with Crippen LogP contribution in [0.2, 0.25) is 0 Å². The molecule has 1 unspecified atom stereocenters. The molecule has 1 atom stereocenters. The van der Waals surface area contributed by atoms with Gasteiger partial charge in [-0.1, -0.05) is 346 Å². The zero-order valence-electron chi connectivity index (χ0n) is 52.7. The van der Waals surface area contributed by atoms with Crippen molar-refractivity contribution in [2.24, 2.45) is 0 Å². The van der Waals surface area contributed by atoms with Crippen molar-refractivity contribution in [1.29, 1.82) is 0 Å². The summed E-state index contributed by atoms with van der Waals surface area (Å²) in [5.41, 5.74) is 0. The molecule has 0 amide bonds. The molecule has 0 aromatic heterocycles. The predicted molar refractivity (Wildman–Crippen MR) is 339 cm³/mol. The number of hydrogen-bond acceptors (Lipinski definition) is 6. The number of allylic oxidation sites excluding steroid dienone is 6. The first-order chi connectivity index (χ1) is 38.5. The van der Waals surface area contributed by atoms with Crippen LogP contribution < -0.4 is 0 Å². The quantitative estimate of drug-likeness (QED) is 0.0261. The van der Waals surface area contributed by atoms with Crippen LogP contribution in [0.15, 0.2) is 36.5 Å². The first kappa shape index (κ1) is 75.6. The Labute approximate surface area is 486 Å². The van der Waals surface area contributed by atoms with Crippen LogP contribution in [0, 0.1) is 0 Å². The second kappa shape index (κ2) is 67.1. The Bertz CT molecular complexity index is 1300. The molecule has 0 N–H and O–H groups in total. The molecular weight excluding hydrogens is 961 g/mol. The van der Waals surface area contributed by atoms with Crippen LogP contribution in [0.25, 0.3) is 0 Å². The van der Waals surface area contributed by atoms with E-state index in [1.54, 1.807) is 0 Å². The molecule has 0 radical (unpaired) electrons. The second-order valence-electron chi connectivity index (χ2n) is 23.8. The van der Waals surface area contributed by atoms with Crippen molar-refractivity contribution in [2.45, 2.75) is 393 Å². The summed E-state index contributed by atoms with van der Waals surface area (Å²) in [6, 6.07) is 0. The Morgan fingerprint density at radius 2 is 0.462 bits per heavy atom. The molecule has 0 rings (SSSR count). The van der Waals surface area contributed by atoms with Gasteiger partial charge in [-0.25, -0.2) is 0 Å². The maximum Gasteiger partial charge on any atom is 0.306 e. The fraction of sp³-hybridized carbons (Fsp3) is 0.875. The molecule has 78 heavy (non-hydrogen) atoms. The van der Waals surface area contributed by atoms with Gasteiger partial charge in [-0.3, -0.25) is 14.4 Å². The summed E-state index contributed by atoms with van der Waals surface area (Å²) in [6.45, 7) is 6.69. The highest BCUT2D eigenvalue weighted by Gasteiger charge is 2.19. The van der Waals surface area contributed by atoms with Gasteiger partial charge in [-0.2, -0.15) is 0 Å². The molecule has 0 bridgehead atoms. The lowest BCUT2D eigenvalue weighted by Gasteiger charge is -2.18. The van der Waals surface area contributed by atoms with Crippen LogP contribution in [-0.4, -0.2) is 37.2 Å². The summed E-state index contributed by atoms with van der Waals surface area (Å²) in [7, 11) is 0. The third kappa shape index (κ3) is 64.5. The third-order valence-corrected chi connectivity index (χ3v) is 15.9. The Morgan fingerprint density at radius 3 is 0.744 bits per heavy atom. The summed E-state index contributed by atoms with van der Waals surface area (Å²) in [4.78, 5) is 38.4. The molecule has 0 aliphatic carbocycles. The number of carbonyl (C=O) groups excluding carboxylic acids is 3. The van der Waals surface area contributed by atoms with E-state index in [0.29, 0.717) is 19.3 Å². The van der Waals surface area contributed by atoms with Gasteiger partial charge < -0.3 is 14.2 Å². The molecule has 0 heterocycles. The lowest BCUT2D eigenvalue weighted by atomic mass is 10.0. The molecule has 0 saturated heterocycles. The second-order valence-corrected chi connectivity index (χ2v) is 23.8. The number of ether oxygens (including phenoxy) is 3. The molecule has 458 valence electrons. The third-order valence-electron chi connectivity index (χ3n) is 15.9. The molecule has 0 aromatic rings. The molecular formula is C72H134O6. The summed E-state index contributed by atoms with van der Waals surface area (Å²) in [5.74, 6) is -0.853. The Morgan fingerprint density at radius 1 is 0.256 bits per heavy atom. The molecule has 6 nitrogen and oxygen atoms in total. The highest BCUT2D eigenvalue weighted by molar-refractivity contribution is 5.71.